The lowest BCUT2D eigenvalue weighted by atomic mass is 10.1. The second-order valence-electron chi connectivity index (χ2n) is 8.62. The number of fused-ring (bicyclic) bond motifs is 2. The van der Waals surface area contributed by atoms with Gasteiger partial charge in [0.2, 0.25) is 10.0 Å². The van der Waals surface area contributed by atoms with Crippen molar-refractivity contribution in [3.05, 3.63) is 89.5 Å². The van der Waals surface area contributed by atoms with Crippen LogP contribution in [0.3, 0.4) is 0 Å². The average Bonchev–Trinajstić information content (AvgIpc) is 3.31. The first kappa shape index (κ1) is 22.9. The molecule has 35 heavy (non-hydrogen) atoms. The second-order valence-corrected chi connectivity index (χ2v) is 10.5. The van der Waals surface area contributed by atoms with E-state index in [1.807, 2.05) is 36.4 Å². The van der Waals surface area contributed by atoms with Crippen LogP contribution in [0.4, 0.5) is 11.4 Å². The standard InChI is InChI=1S/C26H25N3O5S/c1-35(32,33)29-14-13-19-15-20(11-12-21(19)29)26(31)28-17-24(34-23-10-6-5-9-22(23)28)25(30)27-16-18-7-3-2-4-8-18/h2-12,15,24H,13-14,16-17H2,1H3,(H,27,30). The summed E-state index contributed by atoms with van der Waals surface area (Å²) in [6.45, 7) is 0.773. The number of nitrogens with one attached hydrogen (secondary N) is 1. The van der Waals surface area contributed by atoms with E-state index in [-0.39, 0.29) is 18.4 Å². The maximum Gasteiger partial charge on any atom is 0.263 e. The molecule has 2 aliphatic heterocycles. The predicted octanol–water partition coefficient (Wildman–Crippen LogP) is 2.73. The Bertz CT molecular complexity index is 1390. The Labute approximate surface area is 204 Å². The number of hydrogen-bond acceptors (Lipinski definition) is 5. The van der Waals surface area contributed by atoms with Crippen molar-refractivity contribution in [3.63, 3.8) is 0 Å². The van der Waals surface area contributed by atoms with Gasteiger partial charge in [-0.25, -0.2) is 8.42 Å². The second kappa shape index (κ2) is 9.07. The van der Waals surface area contributed by atoms with Crippen LogP contribution >= 0.6 is 0 Å². The molecule has 3 aromatic carbocycles. The lowest BCUT2D eigenvalue weighted by Gasteiger charge is -2.34. The molecule has 0 spiro atoms. The minimum atomic E-state index is -3.37. The van der Waals surface area contributed by atoms with E-state index < -0.39 is 16.1 Å². The lowest BCUT2D eigenvalue weighted by Crippen LogP contribution is -2.50. The molecule has 5 rings (SSSR count). The summed E-state index contributed by atoms with van der Waals surface area (Å²) in [5, 5.41) is 2.89. The van der Waals surface area contributed by atoms with E-state index in [2.05, 4.69) is 5.32 Å². The normalized spacial score (nSPS) is 16.8. The Kier molecular flexibility index (Phi) is 5.94. The molecule has 180 valence electrons. The third kappa shape index (κ3) is 4.59. The minimum Gasteiger partial charge on any atom is -0.477 e. The van der Waals surface area contributed by atoms with Crippen LogP contribution in [0.15, 0.2) is 72.8 Å². The topological polar surface area (TPSA) is 96.0 Å². The van der Waals surface area contributed by atoms with E-state index in [1.54, 1.807) is 41.3 Å². The van der Waals surface area contributed by atoms with Crippen LogP contribution in [0.25, 0.3) is 0 Å². The van der Waals surface area contributed by atoms with E-state index in [9.17, 15) is 18.0 Å². The van der Waals surface area contributed by atoms with Crippen LogP contribution in [-0.2, 0) is 27.8 Å². The molecular weight excluding hydrogens is 466 g/mol. The molecule has 0 saturated carbocycles. The third-order valence-electron chi connectivity index (χ3n) is 6.20. The van der Waals surface area contributed by atoms with E-state index in [4.69, 9.17) is 4.74 Å². The summed E-state index contributed by atoms with van der Waals surface area (Å²) in [5.74, 6) is -0.127. The summed E-state index contributed by atoms with van der Waals surface area (Å²) >= 11 is 0. The highest BCUT2D eigenvalue weighted by Gasteiger charge is 2.35. The van der Waals surface area contributed by atoms with Gasteiger partial charge in [0.05, 0.1) is 24.2 Å². The first-order valence-electron chi connectivity index (χ1n) is 11.3. The predicted molar refractivity (Wildman–Crippen MR) is 133 cm³/mol. The van der Waals surface area contributed by atoms with Crippen LogP contribution in [-0.4, -0.2) is 45.7 Å². The summed E-state index contributed by atoms with van der Waals surface area (Å²) in [6.07, 6.45) is 0.843. The van der Waals surface area contributed by atoms with Gasteiger partial charge in [-0.05, 0) is 47.9 Å². The smallest absolute Gasteiger partial charge is 0.263 e. The molecule has 3 aromatic rings. The van der Waals surface area contributed by atoms with Gasteiger partial charge in [0.1, 0.15) is 5.75 Å². The molecular formula is C26H25N3O5S. The molecule has 1 unspecified atom stereocenters. The Morgan fingerprint density at radius 3 is 2.51 bits per heavy atom. The van der Waals surface area contributed by atoms with Crippen LogP contribution in [0.5, 0.6) is 5.75 Å². The van der Waals surface area contributed by atoms with Crippen LogP contribution in [0.1, 0.15) is 21.5 Å². The van der Waals surface area contributed by atoms with Gasteiger partial charge in [-0.1, -0.05) is 42.5 Å². The first-order valence-corrected chi connectivity index (χ1v) is 13.2. The van der Waals surface area contributed by atoms with Gasteiger partial charge in [0, 0.05) is 18.7 Å². The monoisotopic (exact) mass is 491 g/mol. The summed E-state index contributed by atoms with van der Waals surface area (Å²) in [5.41, 5.74) is 3.39. The molecule has 8 nitrogen and oxygen atoms in total. The maximum atomic E-state index is 13.6. The van der Waals surface area contributed by atoms with Gasteiger partial charge < -0.3 is 15.0 Å². The van der Waals surface area contributed by atoms with E-state index in [0.29, 0.717) is 42.2 Å². The van der Waals surface area contributed by atoms with Crippen molar-refractivity contribution in [1.82, 2.24) is 5.32 Å². The zero-order valence-electron chi connectivity index (χ0n) is 19.2. The minimum absolute atomic E-state index is 0.0586. The van der Waals surface area contributed by atoms with Crippen molar-refractivity contribution < 1.29 is 22.7 Å². The lowest BCUT2D eigenvalue weighted by molar-refractivity contribution is -0.128. The molecule has 0 radical (unpaired) electrons. The van der Waals surface area contributed by atoms with Crippen molar-refractivity contribution in [3.8, 4) is 5.75 Å². The van der Waals surface area contributed by atoms with E-state index >= 15 is 0 Å². The van der Waals surface area contributed by atoms with Crippen molar-refractivity contribution in [2.24, 2.45) is 0 Å². The fourth-order valence-electron chi connectivity index (χ4n) is 4.47. The quantitative estimate of drug-likeness (QED) is 0.592. The van der Waals surface area contributed by atoms with Crippen molar-refractivity contribution in [1.29, 1.82) is 0 Å². The van der Waals surface area contributed by atoms with Gasteiger partial charge >= 0.3 is 0 Å². The molecule has 2 aliphatic rings. The molecule has 1 atom stereocenters. The molecule has 0 aliphatic carbocycles. The molecule has 0 fully saturated rings. The average molecular weight is 492 g/mol. The van der Waals surface area contributed by atoms with Crippen molar-refractivity contribution >= 4 is 33.2 Å². The van der Waals surface area contributed by atoms with Crippen LogP contribution in [0, 0.1) is 0 Å². The number of carbonyl (C=O) groups excluding carboxylic acids is 2. The summed E-state index contributed by atoms with van der Waals surface area (Å²) in [4.78, 5) is 28.1. The largest absolute Gasteiger partial charge is 0.477 e. The number of anilines is 2. The third-order valence-corrected chi connectivity index (χ3v) is 7.38. The zero-order chi connectivity index (χ0) is 24.6. The molecule has 1 N–H and O–H groups in total. The highest BCUT2D eigenvalue weighted by molar-refractivity contribution is 7.92. The number of nitrogens with zero attached hydrogens (tertiary/aromatic N) is 2. The van der Waals surface area contributed by atoms with Gasteiger partial charge in [-0.3, -0.25) is 13.9 Å². The number of amides is 2. The van der Waals surface area contributed by atoms with E-state index in [1.165, 1.54) is 10.6 Å². The summed E-state index contributed by atoms with van der Waals surface area (Å²) < 4.78 is 31.4. The fourth-order valence-corrected chi connectivity index (χ4v) is 5.43. The number of sulfonamides is 1. The molecule has 0 saturated heterocycles. The zero-order valence-corrected chi connectivity index (χ0v) is 20.0. The highest BCUT2D eigenvalue weighted by Crippen LogP contribution is 2.36. The molecule has 2 heterocycles. The van der Waals surface area contributed by atoms with Gasteiger partial charge in [0.15, 0.2) is 6.10 Å². The Morgan fingerprint density at radius 2 is 1.74 bits per heavy atom. The number of hydrogen-bond donors (Lipinski definition) is 1. The van der Waals surface area contributed by atoms with Crippen LogP contribution in [0.2, 0.25) is 0 Å². The number of para-hydroxylation sites is 2. The molecule has 9 heteroatoms. The van der Waals surface area contributed by atoms with Crippen molar-refractivity contribution in [2.75, 3.05) is 28.6 Å². The molecule has 0 aromatic heterocycles. The highest BCUT2D eigenvalue weighted by atomic mass is 32.2. The Hall–Kier alpha value is -3.85. The maximum absolute atomic E-state index is 13.6. The van der Waals surface area contributed by atoms with E-state index in [0.717, 1.165) is 11.1 Å². The fraction of sp³-hybridized carbons (Fsp3) is 0.231. The van der Waals surface area contributed by atoms with Crippen LogP contribution < -0.4 is 19.3 Å². The summed E-state index contributed by atoms with van der Waals surface area (Å²) in [7, 11) is -3.37. The molecule has 0 bridgehead atoms. The van der Waals surface area contributed by atoms with Crippen molar-refractivity contribution in [2.45, 2.75) is 19.1 Å². The summed E-state index contributed by atoms with van der Waals surface area (Å²) in [6, 6.07) is 21.7. The van der Waals surface area contributed by atoms with Gasteiger partial charge in [-0.15, -0.1) is 0 Å². The number of ether oxygens (including phenoxy) is 1. The first-order chi connectivity index (χ1) is 16.8. The van der Waals surface area contributed by atoms with Gasteiger partial charge in [-0.2, -0.15) is 0 Å². The number of benzene rings is 3. The number of rotatable bonds is 5. The molecule has 2 amide bonds. The SMILES string of the molecule is CS(=O)(=O)N1CCc2cc(C(=O)N3CC(C(=O)NCc4ccccc4)Oc4ccccc43)ccc21. The van der Waals surface area contributed by atoms with Gasteiger partial charge in [0.25, 0.3) is 11.8 Å². The Balaban J connectivity index is 1.38. The Morgan fingerprint density at radius 1 is 1.00 bits per heavy atom. The number of carbonyl (C=O) groups is 2.